The first-order valence-corrected chi connectivity index (χ1v) is 12.8. The van der Waals surface area contributed by atoms with Crippen molar-refractivity contribution in [2.24, 2.45) is 4.99 Å². The maximum Gasteiger partial charge on any atom is 0.270 e. The molecule has 0 fully saturated rings. The highest BCUT2D eigenvalue weighted by molar-refractivity contribution is 7.99. The number of rotatable bonds is 9. The smallest absolute Gasteiger partial charge is 0.270 e. The van der Waals surface area contributed by atoms with E-state index in [-0.39, 0.29) is 11.6 Å². The van der Waals surface area contributed by atoms with Crippen molar-refractivity contribution in [3.05, 3.63) is 62.4 Å². The fourth-order valence-electron chi connectivity index (χ4n) is 2.77. The van der Waals surface area contributed by atoms with Crippen molar-refractivity contribution in [2.75, 3.05) is 17.8 Å². The molecule has 158 valence electrons. The van der Waals surface area contributed by atoms with Crippen molar-refractivity contribution in [1.82, 2.24) is 4.57 Å². The molecule has 0 radical (unpaired) electrons. The van der Waals surface area contributed by atoms with Gasteiger partial charge in [0.1, 0.15) is 0 Å². The Labute approximate surface area is 191 Å². The quantitative estimate of drug-likeness (QED) is 0.171. The second-order valence-corrected chi connectivity index (χ2v) is 9.95. The maximum absolute atomic E-state index is 12.4. The zero-order valence-corrected chi connectivity index (χ0v) is 19.5. The molecule has 0 N–H and O–H groups in total. The molecule has 3 aromatic rings. The van der Waals surface area contributed by atoms with E-state index < -0.39 is 4.92 Å². The van der Waals surface area contributed by atoms with Gasteiger partial charge in [0.2, 0.25) is 5.91 Å². The molecule has 1 aromatic heterocycles. The standard InChI is InChI=1S/C20H20ClN3O3S3/c1-28-12-10-23-17-9-6-15(24(26)27)13-18(17)30-20(23)22-19(25)3-2-11-29-16-7-4-14(21)5-8-16/h4-9,13H,2-3,10-12H2,1H3. The molecule has 0 aliphatic carbocycles. The average Bonchev–Trinajstić information content (AvgIpc) is 3.06. The molecule has 6 nitrogen and oxygen atoms in total. The lowest BCUT2D eigenvalue weighted by atomic mass is 10.3. The third-order valence-corrected chi connectivity index (χ3v) is 7.22. The lowest BCUT2D eigenvalue weighted by Crippen LogP contribution is -2.18. The van der Waals surface area contributed by atoms with Gasteiger partial charge in [-0.25, -0.2) is 0 Å². The number of hydrogen-bond acceptors (Lipinski definition) is 6. The Hall–Kier alpha value is -1.81. The molecule has 30 heavy (non-hydrogen) atoms. The van der Waals surface area contributed by atoms with Gasteiger partial charge < -0.3 is 4.57 Å². The number of nitrogens with zero attached hydrogens (tertiary/aromatic N) is 3. The van der Waals surface area contributed by atoms with Gasteiger partial charge in [0, 0.05) is 40.8 Å². The zero-order valence-electron chi connectivity index (χ0n) is 16.2. The molecule has 0 aliphatic heterocycles. The molecule has 0 atom stereocenters. The Bertz CT molecular complexity index is 1110. The van der Waals surface area contributed by atoms with Crippen molar-refractivity contribution in [1.29, 1.82) is 0 Å². The maximum atomic E-state index is 12.4. The lowest BCUT2D eigenvalue weighted by Gasteiger charge is -2.03. The van der Waals surface area contributed by atoms with Crippen LogP contribution in [0.15, 0.2) is 52.4 Å². The van der Waals surface area contributed by atoms with E-state index in [0.717, 1.165) is 33.0 Å². The molecule has 10 heteroatoms. The number of thioether (sulfide) groups is 2. The SMILES string of the molecule is CSCCn1c(=NC(=O)CCCSc2ccc(Cl)cc2)sc2cc([N+](=O)[O-])ccc21. The summed E-state index contributed by atoms with van der Waals surface area (Å²) < 4.78 is 2.73. The van der Waals surface area contributed by atoms with Gasteiger partial charge in [-0.05, 0) is 48.8 Å². The molecule has 0 saturated heterocycles. The highest BCUT2D eigenvalue weighted by atomic mass is 35.5. The van der Waals surface area contributed by atoms with Crippen LogP contribution in [0.1, 0.15) is 12.8 Å². The summed E-state index contributed by atoms with van der Waals surface area (Å²) >= 11 is 10.6. The van der Waals surface area contributed by atoms with Crippen LogP contribution in [0.3, 0.4) is 0 Å². The lowest BCUT2D eigenvalue weighted by molar-refractivity contribution is -0.384. The van der Waals surface area contributed by atoms with Crippen molar-refractivity contribution < 1.29 is 9.72 Å². The monoisotopic (exact) mass is 481 g/mol. The number of aromatic nitrogens is 1. The molecule has 1 amide bonds. The van der Waals surface area contributed by atoms with Gasteiger partial charge in [0.25, 0.3) is 5.69 Å². The van der Waals surface area contributed by atoms with Gasteiger partial charge in [-0.1, -0.05) is 22.9 Å². The highest BCUT2D eigenvalue weighted by Gasteiger charge is 2.12. The second-order valence-electron chi connectivity index (χ2n) is 6.35. The van der Waals surface area contributed by atoms with E-state index in [2.05, 4.69) is 4.99 Å². The number of fused-ring (bicyclic) bond motifs is 1. The average molecular weight is 482 g/mol. The largest absolute Gasteiger partial charge is 0.316 e. The van der Waals surface area contributed by atoms with E-state index in [1.807, 2.05) is 35.1 Å². The predicted molar refractivity (Wildman–Crippen MR) is 127 cm³/mol. The Morgan fingerprint density at radius 3 is 2.70 bits per heavy atom. The molecule has 0 bridgehead atoms. The number of hydrogen-bond donors (Lipinski definition) is 0. The number of carbonyl (C=O) groups is 1. The number of aryl methyl sites for hydroxylation is 1. The minimum atomic E-state index is -0.411. The van der Waals surface area contributed by atoms with E-state index in [0.29, 0.717) is 22.8 Å². The van der Waals surface area contributed by atoms with Gasteiger partial charge >= 0.3 is 0 Å². The van der Waals surface area contributed by atoms with Gasteiger partial charge in [-0.3, -0.25) is 14.9 Å². The molecule has 0 spiro atoms. The normalized spacial score (nSPS) is 11.9. The first kappa shape index (κ1) is 22.9. The number of halogens is 1. The second kappa shape index (κ2) is 11.0. The van der Waals surface area contributed by atoms with E-state index in [1.54, 1.807) is 35.7 Å². The summed E-state index contributed by atoms with van der Waals surface area (Å²) in [5.41, 5.74) is 0.905. The van der Waals surface area contributed by atoms with Crippen LogP contribution in [-0.2, 0) is 11.3 Å². The molecular weight excluding hydrogens is 462 g/mol. The van der Waals surface area contributed by atoms with Crippen LogP contribution in [0.25, 0.3) is 10.2 Å². The van der Waals surface area contributed by atoms with E-state index in [4.69, 9.17) is 11.6 Å². The molecule has 0 aliphatic rings. The zero-order chi connectivity index (χ0) is 21.5. The van der Waals surface area contributed by atoms with Crippen molar-refractivity contribution in [3.63, 3.8) is 0 Å². The number of benzene rings is 2. The number of amides is 1. The van der Waals surface area contributed by atoms with Gasteiger partial charge in [-0.15, -0.1) is 11.8 Å². The number of thiazole rings is 1. The van der Waals surface area contributed by atoms with Gasteiger partial charge in [-0.2, -0.15) is 16.8 Å². The number of carbonyl (C=O) groups excluding carboxylic acids is 1. The predicted octanol–water partition coefficient (Wildman–Crippen LogP) is 5.63. The molecule has 3 rings (SSSR count). The van der Waals surface area contributed by atoms with E-state index in [9.17, 15) is 14.9 Å². The fraction of sp³-hybridized carbons (Fsp3) is 0.300. The highest BCUT2D eigenvalue weighted by Crippen LogP contribution is 2.24. The Kier molecular flexibility index (Phi) is 8.38. The fourth-order valence-corrected chi connectivity index (χ4v) is 5.22. The summed E-state index contributed by atoms with van der Waals surface area (Å²) in [5, 5.41) is 11.8. The van der Waals surface area contributed by atoms with Crippen LogP contribution >= 0.6 is 46.5 Å². The summed E-state index contributed by atoms with van der Waals surface area (Å²) in [6, 6.07) is 12.4. The molecule has 1 heterocycles. The Balaban J connectivity index is 1.71. The van der Waals surface area contributed by atoms with Crippen molar-refractivity contribution in [3.8, 4) is 0 Å². The minimum Gasteiger partial charge on any atom is -0.316 e. The molecule has 0 unspecified atom stereocenters. The summed E-state index contributed by atoms with van der Waals surface area (Å²) in [7, 11) is 0. The third kappa shape index (κ3) is 6.10. The first-order valence-electron chi connectivity index (χ1n) is 9.20. The third-order valence-electron chi connectivity index (χ3n) is 4.23. The summed E-state index contributed by atoms with van der Waals surface area (Å²) in [4.78, 5) is 29.1. The minimum absolute atomic E-state index is 0.0397. The summed E-state index contributed by atoms with van der Waals surface area (Å²) in [6.07, 6.45) is 3.09. The van der Waals surface area contributed by atoms with Crippen molar-refractivity contribution >= 4 is 68.3 Å². The van der Waals surface area contributed by atoms with Gasteiger partial charge in [0.05, 0.1) is 15.1 Å². The van der Waals surface area contributed by atoms with Crippen LogP contribution in [0, 0.1) is 10.1 Å². The van der Waals surface area contributed by atoms with Crippen LogP contribution in [0.5, 0.6) is 0 Å². The molecule has 0 saturated carbocycles. The Morgan fingerprint density at radius 2 is 2.00 bits per heavy atom. The van der Waals surface area contributed by atoms with Crippen LogP contribution < -0.4 is 4.80 Å². The van der Waals surface area contributed by atoms with Crippen LogP contribution in [0.4, 0.5) is 5.69 Å². The van der Waals surface area contributed by atoms with Crippen LogP contribution in [-0.4, -0.2) is 33.2 Å². The first-order chi connectivity index (χ1) is 14.5. The number of non-ortho nitro benzene ring substituents is 1. The summed E-state index contributed by atoms with van der Waals surface area (Å²) in [6.45, 7) is 0.692. The van der Waals surface area contributed by atoms with E-state index in [1.165, 1.54) is 17.4 Å². The number of nitro benzene ring substituents is 1. The van der Waals surface area contributed by atoms with Gasteiger partial charge in [0.15, 0.2) is 4.80 Å². The Morgan fingerprint density at radius 1 is 1.23 bits per heavy atom. The van der Waals surface area contributed by atoms with Crippen molar-refractivity contribution in [2.45, 2.75) is 24.3 Å². The number of nitro groups is 1. The molecular formula is C20H20ClN3O3S3. The molecule has 2 aromatic carbocycles. The van der Waals surface area contributed by atoms with E-state index >= 15 is 0 Å². The topological polar surface area (TPSA) is 77.5 Å². The van der Waals surface area contributed by atoms with Crippen LogP contribution in [0.2, 0.25) is 5.02 Å². The summed E-state index contributed by atoms with van der Waals surface area (Å²) in [5.74, 6) is 1.50.